The standard InChI is InChI=1S/C58H37NOS/c1-2-18-47-40(12-1)13-9-21-48(47)41-30-28-38(29-31-41)39-32-34-44(35-33-39)59(45-16-7-14-42(36-45)49-22-10-25-54-57(49)51-19-3-5-24-53(51)60-54)46-17-8-15-43(37-46)50-23-11-27-56-58(50)52-20-4-6-26-55(52)61-56/h1-37H. The van der Waals surface area contributed by atoms with E-state index in [9.17, 15) is 0 Å². The molecule has 0 saturated carbocycles. The largest absolute Gasteiger partial charge is 0.456 e. The molecule has 286 valence electrons. The zero-order chi connectivity index (χ0) is 40.3. The van der Waals surface area contributed by atoms with Gasteiger partial charge in [0.2, 0.25) is 0 Å². The van der Waals surface area contributed by atoms with Gasteiger partial charge in [-0.1, -0.05) is 164 Å². The second-order valence-electron chi connectivity index (χ2n) is 15.6. The first-order chi connectivity index (χ1) is 30.2. The van der Waals surface area contributed by atoms with E-state index in [-0.39, 0.29) is 0 Å². The molecule has 0 amide bonds. The molecule has 2 heterocycles. The molecule has 61 heavy (non-hydrogen) atoms. The van der Waals surface area contributed by atoms with Gasteiger partial charge in [-0.05, 0) is 116 Å². The average molecular weight is 796 g/mol. The molecule has 0 N–H and O–H groups in total. The highest BCUT2D eigenvalue weighted by Gasteiger charge is 2.18. The smallest absolute Gasteiger partial charge is 0.136 e. The molecular formula is C58H37NOS. The third-order valence-electron chi connectivity index (χ3n) is 12.1. The fourth-order valence-electron chi connectivity index (χ4n) is 9.22. The summed E-state index contributed by atoms with van der Waals surface area (Å²) < 4.78 is 8.93. The maximum atomic E-state index is 6.32. The van der Waals surface area contributed by atoms with Crippen molar-refractivity contribution in [3.05, 3.63) is 224 Å². The van der Waals surface area contributed by atoms with Gasteiger partial charge in [-0.3, -0.25) is 0 Å². The van der Waals surface area contributed by atoms with E-state index in [0.29, 0.717) is 0 Å². The van der Waals surface area contributed by atoms with Crippen molar-refractivity contribution in [2.24, 2.45) is 0 Å². The summed E-state index contributed by atoms with van der Waals surface area (Å²) in [5, 5.41) is 7.39. The maximum Gasteiger partial charge on any atom is 0.136 e. The molecule has 0 aliphatic heterocycles. The molecule has 0 aliphatic rings. The molecule has 0 atom stereocenters. The van der Waals surface area contributed by atoms with Crippen molar-refractivity contribution >= 4 is 81.3 Å². The van der Waals surface area contributed by atoms with Crippen LogP contribution in [0.5, 0.6) is 0 Å². The van der Waals surface area contributed by atoms with Gasteiger partial charge in [0.1, 0.15) is 11.2 Å². The van der Waals surface area contributed by atoms with E-state index in [2.05, 4.69) is 217 Å². The zero-order valence-electron chi connectivity index (χ0n) is 33.1. The van der Waals surface area contributed by atoms with Gasteiger partial charge in [0.05, 0.1) is 0 Å². The predicted octanol–water partition coefficient (Wildman–Crippen LogP) is 17.2. The Balaban J connectivity index is 0.974. The molecular weight excluding hydrogens is 759 g/mol. The molecule has 2 aromatic heterocycles. The first-order valence-corrected chi connectivity index (χ1v) is 21.6. The van der Waals surface area contributed by atoms with Crippen LogP contribution in [0.3, 0.4) is 0 Å². The number of hydrogen-bond donors (Lipinski definition) is 0. The lowest BCUT2D eigenvalue weighted by Crippen LogP contribution is -2.10. The van der Waals surface area contributed by atoms with E-state index in [1.54, 1.807) is 0 Å². The van der Waals surface area contributed by atoms with Crippen molar-refractivity contribution in [3.63, 3.8) is 0 Å². The van der Waals surface area contributed by atoms with Crippen molar-refractivity contribution < 1.29 is 4.42 Å². The summed E-state index contributed by atoms with van der Waals surface area (Å²) in [6.07, 6.45) is 0. The average Bonchev–Trinajstić information content (AvgIpc) is 3.91. The van der Waals surface area contributed by atoms with E-state index >= 15 is 0 Å². The first kappa shape index (κ1) is 35.2. The van der Waals surface area contributed by atoms with Gasteiger partial charge in [-0.2, -0.15) is 0 Å². The molecule has 0 aliphatic carbocycles. The number of thiophene rings is 1. The minimum Gasteiger partial charge on any atom is -0.456 e. The Hall–Kier alpha value is -7.72. The van der Waals surface area contributed by atoms with Gasteiger partial charge in [0.15, 0.2) is 0 Å². The molecule has 0 bridgehead atoms. The number of para-hydroxylation sites is 1. The van der Waals surface area contributed by atoms with Crippen molar-refractivity contribution in [1.82, 2.24) is 0 Å². The number of rotatable bonds is 7. The Morgan fingerprint density at radius 1 is 0.311 bits per heavy atom. The minimum atomic E-state index is 0.893. The third-order valence-corrected chi connectivity index (χ3v) is 13.2. The number of nitrogens with zero attached hydrogens (tertiary/aromatic N) is 1. The van der Waals surface area contributed by atoms with Gasteiger partial charge in [0, 0.05) is 48.0 Å². The number of benzene rings is 10. The van der Waals surface area contributed by atoms with Crippen molar-refractivity contribution in [2.75, 3.05) is 4.90 Å². The summed E-state index contributed by atoms with van der Waals surface area (Å²) in [5.41, 5.74) is 14.6. The summed E-state index contributed by atoms with van der Waals surface area (Å²) in [6.45, 7) is 0. The van der Waals surface area contributed by atoms with Crippen LogP contribution in [0.1, 0.15) is 0 Å². The number of hydrogen-bond acceptors (Lipinski definition) is 3. The fourth-order valence-corrected chi connectivity index (χ4v) is 10.4. The minimum absolute atomic E-state index is 0.893. The van der Waals surface area contributed by atoms with E-state index in [1.807, 2.05) is 23.5 Å². The lowest BCUT2D eigenvalue weighted by molar-refractivity contribution is 0.669. The van der Waals surface area contributed by atoms with Gasteiger partial charge < -0.3 is 9.32 Å². The molecule has 10 aromatic carbocycles. The normalized spacial score (nSPS) is 11.6. The second kappa shape index (κ2) is 14.5. The highest BCUT2D eigenvalue weighted by Crippen LogP contribution is 2.44. The van der Waals surface area contributed by atoms with Crippen LogP contribution in [0.25, 0.3) is 97.4 Å². The Labute approximate surface area is 357 Å². The third kappa shape index (κ3) is 6.09. The fraction of sp³-hybridized carbons (Fsp3) is 0. The lowest BCUT2D eigenvalue weighted by Gasteiger charge is -2.27. The molecule has 12 rings (SSSR count). The number of anilines is 3. The summed E-state index contributed by atoms with van der Waals surface area (Å²) >= 11 is 1.86. The highest BCUT2D eigenvalue weighted by molar-refractivity contribution is 7.25. The molecule has 0 spiro atoms. The Bertz CT molecular complexity index is 3430. The summed E-state index contributed by atoms with van der Waals surface area (Å²) in [6, 6.07) is 81.2. The molecule has 0 saturated heterocycles. The van der Waals surface area contributed by atoms with Crippen LogP contribution in [0.4, 0.5) is 17.1 Å². The van der Waals surface area contributed by atoms with Crippen LogP contribution in [0.15, 0.2) is 229 Å². The van der Waals surface area contributed by atoms with E-state index in [1.165, 1.54) is 64.3 Å². The second-order valence-corrected chi connectivity index (χ2v) is 16.7. The monoisotopic (exact) mass is 795 g/mol. The summed E-state index contributed by atoms with van der Waals surface area (Å²) in [5.74, 6) is 0. The topological polar surface area (TPSA) is 16.4 Å². The van der Waals surface area contributed by atoms with Gasteiger partial charge in [-0.25, -0.2) is 0 Å². The highest BCUT2D eigenvalue weighted by atomic mass is 32.1. The quantitative estimate of drug-likeness (QED) is 0.160. The van der Waals surface area contributed by atoms with Crippen molar-refractivity contribution in [1.29, 1.82) is 0 Å². The van der Waals surface area contributed by atoms with Crippen molar-refractivity contribution in [2.45, 2.75) is 0 Å². The zero-order valence-corrected chi connectivity index (χ0v) is 33.9. The molecule has 2 nitrogen and oxygen atoms in total. The van der Waals surface area contributed by atoms with Gasteiger partial charge >= 0.3 is 0 Å². The van der Waals surface area contributed by atoms with Gasteiger partial charge in [-0.15, -0.1) is 11.3 Å². The molecule has 0 unspecified atom stereocenters. The van der Waals surface area contributed by atoms with Crippen LogP contribution in [-0.2, 0) is 0 Å². The molecule has 12 aromatic rings. The molecule has 3 heteroatoms. The summed E-state index contributed by atoms with van der Waals surface area (Å²) in [7, 11) is 0. The molecule has 0 fully saturated rings. The summed E-state index contributed by atoms with van der Waals surface area (Å²) in [4.78, 5) is 2.39. The molecule has 0 radical (unpaired) electrons. The Morgan fingerprint density at radius 2 is 0.836 bits per heavy atom. The van der Waals surface area contributed by atoms with Crippen LogP contribution in [0.2, 0.25) is 0 Å². The number of fused-ring (bicyclic) bond motifs is 7. The predicted molar refractivity (Wildman–Crippen MR) is 261 cm³/mol. The van der Waals surface area contributed by atoms with E-state index in [0.717, 1.165) is 50.1 Å². The Kier molecular flexibility index (Phi) is 8.39. The van der Waals surface area contributed by atoms with E-state index in [4.69, 9.17) is 4.42 Å². The lowest BCUT2D eigenvalue weighted by atomic mass is 9.96. The van der Waals surface area contributed by atoms with Crippen LogP contribution < -0.4 is 4.90 Å². The van der Waals surface area contributed by atoms with Gasteiger partial charge in [0.25, 0.3) is 0 Å². The Morgan fingerprint density at radius 3 is 1.61 bits per heavy atom. The van der Waals surface area contributed by atoms with Crippen LogP contribution >= 0.6 is 11.3 Å². The maximum absolute atomic E-state index is 6.32. The first-order valence-electron chi connectivity index (χ1n) is 20.7. The SMILES string of the molecule is c1cc(-c2cccc3oc4ccccc4c23)cc(N(c2ccc(-c3ccc(-c4cccc5ccccc45)cc3)cc2)c2cccc(-c3cccc4sc5ccccc5c34)c2)c1. The van der Waals surface area contributed by atoms with Crippen LogP contribution in [0, 0.1) is 0 Å². The van der Waals surface area contributed by atoms with Crippen molar-refractivity contribution in [3.8, 4) is 44.5 Å². The van der Waals surface area contributed by atoms with Crippen LogP contribution in [-0.4, -0.2) is 0 Å². The van der Waals surface area contributed by atoms with E-state index < -0.39 is 0 Å². The number of furan rings is 1.